The van der Waals surface area contributed by atoms with Crippen LogP contribution in [0.1, 0.15) is 56.2 Å². The molecule has 2 N–H and O–H groups in total. The Hall–Kier alpha value is -3.09. The Morgan fingerprint density at radius 3 is 2.47 bits per heavy atom. The lowest BCUT2D eigenvalue weighted by molar-refractivity contribution is 0.0953. The van der Waals surface area contributed by atoms with Gasteiger partial charge >= 0.3 is 0 Å². The normalized spacial score (nSPS) is 14.2. The number of amides is 2. The summed E-state index contributed by atoms with van der Waals surface area (Å²) in [5.41, 5.74) is 6.77. The number of nitrogens with one attached hydrogen (secondary N) is 2. The Balaban J connectivity index is 1.56. The number of fused-ring (bicyclic) bond motifs is 1. The van der Waals surface area contributed by atoms with E-state index in [2.05, 4.69) is 15.8 Å². The van der Waals surface area contributed by atoms with Gasteiger partial charge in [-0.15, -0.1) is 0 Å². The number of furan rings is 1. The van der Waals surface area contributed by atoms with Gasteiger partial charge in [0.25, 0.3) is 11.8 Å². The number of benzene rings is 2. The maximum atomic E-state index is 12.8. The summed E-state index contributed by atoms with van der Waals surface area (Å²) < 4.78 is 5.91. The van der Waals surface area contributed by atoms with Crippen LogP contribution >= 0.6 is 23.2 Å². The van der Waals surface area contributed by atoms with Crippen LogP contribution in [0.15, 0.2) is 52.0 Å². The number of rotatable bonds is 4. The minimum atomic E-state index is -0.440. The Labute approximate surface area is 195 Å². The third-order valence-electron chi connectivity index (χ3n) is 5.31. The second-order valence-corrected chi connectivity index (χ2v) is 8.50. The molecule has 0 unspecified atom stereocenters. The van der Waals surface area contributed by atoms with Gasteiger partial charge in [-0.3, -0.25) is 9.59 Å². The van der Waals surface area contributed by atoms with Crippen molar-refractivity contribution in [2.75, 3.05) is 5.32 Å². The monoisotopic (exact) mass is 469 g/mol. The fourth-order valence-corrected chi connectivity index (χ4v) is 4.17. The van der Waals surface area contributed by atoms with Crippen LogP contribution in [-0.4, -0.2) is 17.5 Å². The van der Waals surface area contributed by atoms with Gasteiger partial charge in [0.15, 0.2) is 5.76 Å². The summed E-state index contributed by atoms with van der Waals surface area (Å²) in [7, 11) is 0. The average Bonchev–Trinajstić information content (AvgIpc) is 3.11. The minimum absolute atomic E-state index is 0.245. The zero-order chi connectivity index (χ0) is 22.8. The summed E-state index contributed by atoms with van der Waals surface area (Å²) in [6, 6.07) is 12.2. The van der Waals surface area contributed by atoms with E-state index in [1.54, 1.807) is 12.1 Å². The Kier molecular flexibility index (Phi) is 6.35. The molecule has 0 radical (unpaired) electrons. The quantitative estimate of drug-likeness (QED) is 0.464. The molecule has 0 saturated carbocycles. The summed E-state index contributed by atoms with van der Waals surface area (Å²) in [4.78, 5) is 25.3. The van der Waals surface area contributed by atoms with E-state index in [4.69, 9.17) is 27.6 Å². The highest BCUT2D eigenvalue weighted by Crippen LogP contribution is 2.30. The lowest BCUT2D eigenvalue weighted by Crippen LogP contribution is -2.22. The molecule has 8 heteroatoms. The van der Waals surface area contributed by atoms with Crippen molar-refractivity contribution < 1.29 is 14.0 Å². The van der Waals surface area contributed by atoms with Crippen LogP contribution in [0.2, 0.25) is 10.0 Å². The number of nitrogens with zero attached hydrogens (tertiary/aromatic N) is 1. The Morgan fingerprint density at radius 2 is 1.75 bits per heavy atom. The van der Waals surface area contributed by atoms with Crippen molar-refractivity contribution >= 4 is 46.4 Å². The van der Waals surface area contributed by atoms with Gasteiger partial charge < -0.3 is 9.73 Å². The van der Waals surface area contributed by atoms with Crippen LogP contribution in [0.3, 0.4) is 0 Å². The number of carbonyl (C=O) groups is 2. The van der Waals surface area contributed by atoms with Crippen molar-refractivity contribution in [3.8, 4) is 0 Å². The second-order valence-electron chi connectivity index (χ2n) is 7.65. The summed E-state index contributed by atoms with van der Waals surface area (Å²) >= 11 is 12.0. The second kappa shape index (κ2) is 9.18. The molecule has 1 aliphatic carbocycles. The highest BCUT2D eigenvalue weighted by molar-refractivity contribution is 6.36. The molecule has 164 valence electrons. The van der Waals surface area contributed by atoms with E-state index in [1.165, 1.54) is 6.07 Å². The Bertz CT molecular complexity index is 1230. The maximum Gasteiger partial charge on any atom is 0.291 e. The number of hydrogen-bond donors (Lipinski definition) is 2. The van der Waals surface area contributed by atoms with Crippen molar-refractivity contribution in [3.63, 3.8) is 0 Å². The first-order chi connectivity index (χ1) is 15.3. The molecule has 0 saturated heterocycles. The van der Waals surface area contributed by atoms with Gasteiger partial charge in [-0.1, -0.05) is 40.9 Å². The van der Waals surface area contributed by atoms with E-state index in [9.17, 15) is 9.59 Å². The molecule has 0 bridgehead atoms. The number of carbonyl (C=O) groups excluding carboxylic acids is 2. The van der Waals surface area contributed by atoms with E-state index in [-0.39, 0.29) is 22.3 Å². The van der Waals surface area contributed by atoms with Gasteiger partial charge in [-0.05, 0) is 57.0 Å². The summed E-state index contributed by atoms with van der Waals surface area (Å²) in [5.74, 6) is 0.180. The molecule has 32 heavy (non-hydrogen) atoms. The molecule has 0 aliphatic heterocycles. The zero-order valence-electron chi connectivity index (χ0n) is 17.6. The number of hydrogen-bond acceptors (Lipinski definition) is 4. The van der Waals surface area contributed by atoms with Gasteiger partial charge in [0.05, 0.1) is 16.3 Å². The van der Waals surface area contributed by atoms with Gasteiger partial charge in [0.2, 0.25) is 0 Å². The largest absolute Gasteiger partial charge is 0.455 e. The Morgan fingerprint density at radius 1 is 1.00 bits per heavy atom. The fourth-order valence-electron chi connectivity index (χ4n) is 3.67. The molecular formula is C24H21Cl2N3O3. The van der Waals surface area contributed by atoms with Crippen LogP contribution in [0.25, 0.3) is 0 Å². The van der Waals surface area contributed by atoms with Crippen molar-refractivity contribution in [2.45, 2.75) is 33.1 Å². The molecule has 6 nitrogen and oxygen atoms in total. The summed E-state index contributed by atoms with van der Waals surface area (Å²) in [6.07, 6.45) is 2.15. The van der Waals surface area contributed by atoms with Crippen LogP contribution < -0.4 is 10.7 Å². The first-order valence-corrected chi connectivity index (χ1v) is 10.9. The van der Waals surface area contributed by atoms with Crippen LogP contribution in [0.4, 0.5) is 5.69 Å². The van der Waals surface area contributed by atoms with Crippen molar-refractivity contribution in [1.82, 2.24) is 5.43 Å². The molecule has 0 spiro atoms. The number of halogens is 2. The molecule has 4 rings (SSSR count). The molecule has 1 aliphatic rings. The third-order valence-corrected chi connectivity index (χ3v) is 5.86. The summed E-state index contributed by atoms with van der Waals surface area (Å²) in [6.45, 7) is 3.81. The minimum Gasteiger partial charge on any atom is -0.455 e. The standard InChI is InChI=1S/C24H21Cl2N3O3/c1-13-6-9-16(10-7-13)27-24(31)22-14(2)21-19(4-3-5-20(21)32-22)28-29-23(30)17-11-8-15(25)12-18(17)26/h6-12H,3-5H2,1-2H3,(H,27,31)(H,29,30)/b28-19+. The highest BCUT2D eigenvalue weighted by Gasteiger charge is 2.28. The van der Waals surface area contributed by atoms with Crippen LogP contribution in [0.5, 0.6) is 0 Å². The molecule has 0 atom stereocenters. The van der Waals surface area contributed by atoms with Gasteiger partial charge in [-0.25, -0.2) is 5.43 Å². The van der Waals surface area contributed by atoms with E-state index in [0.29, 0.717) is 40.6 Å². The van der Waals surface area contributed by atoms with Crippen molar-refractivity contribution in [1.29, 1.82) is 0 Å². The van der Waals surface area contributed by atoms with Gasteiger partial charge in [-0.2, -0.15) is 5.10 Å². The van der Waals surface area contributed by atoms with Crippen molar-refractivity contribution in [2.24, 2.45) is 5.10 Å². The lowest BCUT2D eigenvalue weighted by Gasteiger charge is -2.13. The first kappa shape index (κ1) is 22.1. The lowest BCUT2D eigenvalue weighted by atomic mass is 9.93. The molecular weight excluding hydrogens is 449 g/mol. The molecule has 1 aromatic heterocycles. The predicted octanol–water partition coefficient (Wildman–Crippen LogP) is 5.93. The van der Waals surface area contributed by atoms with E-state index in [1.807, 2.05) is 38.1 Å². The first-order valence-electron chi connectivity index (χ1n) is 10.2. The SMILES string of the molecule is Cc1ccc(NC(=O)c2oc3c(c2C)/C(=N/NC(=O)c2ccc(Cl)cc2Cl)CCC3)cc1. The molecule has 0 fully saturated rings. The molecule has 1 heterocycles. The third kappa shape index (κ3) is 4.56. The molecule has 3 aromatic rings. The average molecular weight is 470 g/mol. The van der Waals surface area contributed by atoms with E-state index in [0.717, 1.165) is 17.5 Å². The smallest absolute Gasteiger partial charge is 0.291 e. The van der Waals surface area contributed by atoms with E-state index < -0.39 is 5.91 Å². The number of aryl methyl sites for hydroxylation is 2. The van der Waals surface area contributed by atoms with E-state index >= 15 is 0 Å². The number of anilines is 1. The van der Waals surface area contributed by atoms with Crippen molar-refractivity contribution in [3.05, 3.63) is 86.3 Å². The molecule has 2 amide bonds. The van der Waals surface area contributed by atoms with Gasteiger partial charge in [0, 0.05) is 28.3 Å². The molecule has 2 aromatic carbocycles. The van der Waals surface area contributed by atoms with Crippen LogP contribution in [-0.2, 0) is 6.42 Å². The van der Waals surface area contributed by atoms with Gasteiger partial charge in [0.1, 0.15) is 5.76 Å². The summed E-state index contributed by atoms with van der Waals surface area (Å²) in [5, 5.41) is 7.88. The van der Waals surface area contributed by atoms with Crippen LogP contribution in [0, 0.1) is 13.8 Å². The zero-order valence-corrected chi connectivity index (χ0v) is 19.1. The number of hydrazone groups is 1. The maximum absolute atomic E-state index is 12.8. The predicted molar refractivity (Wildman–Crippen MR) is 126 cm³/mol. The highest BCUT2D eigenvalue weighted by atomic mass is 35.5. The fraction of sp³-hybridized carbons (Fsp3) is 0.208. The topological polar surface area (TPSA) is 83.7 Å².